The zero-order chi connectivity index (χ0) is 25.5. The van der Waals surface area contributed by atoms with Crippen LogP contribution in [0.5, 0.6) is 0 Å². The Morgan fingerprint density at radius 1 is 0.541 bits per heavy atom. The van der Waals surface area contributed by atoms with Gasteiger partial charge in [-0.15, -0.1) is 0 Å². The molecule has 2 bridgehead atoms. The van der Waals surface area contributed by atoms with Crippen LogP contribution >= 0.6 is 7.92 Å². The summed E-state index contributed by atoms with van der Waals surface area (Å²) in [6, 6.07) is 36.0. The Hall–Kier alpha value is -3.75. The number of hydrogen-bond donors (Lipinski definition) is 0. The maximum absolute atomic E-state index is 13.2. The second-order valence-corrected chi connectivity index (χ2v) is 11.7. The molecule has 0 fully saturated rings. The van der Waals surface area contributed by atoms with Crippen molar-refractivity contribution in [2.24, 2.45) is 11.8 Å². The lowest BCUT2D eigenvalue weighted by Gasteiger charge is -2.48. The predicted octanol–water partition coefficient (Wildman–Crippen LogP) is 4.61. The van der Waals surface area contributed by atoms with Gasteiger partial charge in [0.05, 0.1) is 26.1 Å². The fourth-order valence-electron chi connectivity index (χ4n) is 6.29. The highest BCUT2D eigenvalue weighted by molar-refractivity contribution is 7.79. The molecule has 4 aromatic carbocycles. The minimum atomic E-state index is -0.805. The first-order valence-corrected chi connectivity index (χ1v) is 13.8. The van der Waals surface area contributed by atoms with Crippen LogP contribution < -0.4 is 15.9 Å². The van der Waals surface area contributed by atoms with Crippen molar-refractivity contribution in [1.29, 1.82) is 0 Å². The molecule has 0 aliphatic heterocycles. The number of rotatable bonds is 5. The third-order valence-corrected chi connectivity index (χ3v) is 10.2. The first-order chi connectivity index (χ1) is 18.1. The number of ether oxygens (including phenoxy) is 2. The molecule has 0 saturated heterocycles. The Bertz CT molecular complexity index is 1430. The molecule has 0 spiro atoms. The highest BCUT2D eigenvalue weighted by Crippen LogP contribution is 2.59. The van der Waals surface area contributed by atoms with Gasteiger partial charge in [-0.25, -0.2) is 0 Å². The van der Waals surface area contributed by atoms with Gasteiger partial charge in [0.1, 0.15) is 0 Å². The molecule has 0 heterocycles. The predicted molar refractivity (Wildman–Crippen MR) is 146 cm³/mol. The molecule has 0 aromatic heterocycles. The molecular weight excluding hydrogens is 479 g/mol. The molecule has 4 aromatic rings. The van der Waals surface area contributed by atoms with Crippen molar-refractivity contribution in [1.82, 2.24) is 0 Å². The topological polar surface area (TPSA) is 52.6 Å². The van der Waals surface area contributed by atoms with Crippen LogP contribution in [0, 0.1) is 11.8 Å². The SMILES string of the molecule is COC(=O)[C@H]1C2c3ccccc3C(c3cc(P(c4ccccc4)c4ccccc4)ccc32)[C@@H]1C(=O)OC. The molecule has 5 heteroatoms. The summed E-state index contributed by atoms with van der Waals surface area (Å²) in [7, 11) is 1.98. The lowest BCUT2D eigenvalue weighted by molar-refractivity contribution is -0.160. The van der Waals surface area contributed by atoms with Gasteiger partial charge in [-0.05, 0) is 52.2 Å². The second-order valence-electron chi connectivity index (χ2n) is 9.50. The summed E-state index contributed by atoms with van der Waals surface area (Å²) in [6.07, 6.45) is 0. The van der Waals surface area contributed by atoms with Crippen molar-refractivity contribution in [3.63, 3.8) is 0 Å². The summed E-state index contributed by atoms with van der Waals surface area (Å²) in [6.45, 7) is 0. The standard InChI is InChI=1S/C32H27O4P/c1-35-31(33)29-27-23-15-9-10-16-24(23)28(30(29)32(34)36-2)26-19-22(17-18-25(26)27)37(20-11-5-3-6-12-20)21-13-7-4-8-14-21/h3-19,27-30H,1-2H3/t27?,28?,29-,30-/m0/s1. The van der Waals surface area contributed by atoms with Gasteiger partial charge < -0.3 is 9.47 Å². The van der Waals surface area contributed by atoms with Crippen molar-refractivity contribution < 1.29 is 19.1 Å². The van der Waals surface area contributed by atoms with Crippen LogP contribution in [0.2, 0.25) is 0 Å². The zero-order valence-electron chi connectivity index (χ0n) is 20.7. The van der Waals surface area contributed by atoms with Crippen molar-refractivity contribution >= 4 is 35.8 Å². The minimum absolute atomic E-state index is 0.263. The van der Waals surface area contributed by atoms with Gasteiger partial charge in [0, 0.05) is 11.8 Å². The number of carbonyl (C=O) groups is 2. The summed E-state index contributed by atoms with van der Waals surface area (Å²) in [4.78, 5) is 26.4. The summed E-state index contributed by atoms with van der Waals surface area (Å²) in [5.41, 5.74) is 4.39. The molecule has 2 unspecified atom stereocenters. The highest BCUT2D eigenvalue weighted by atomic mass is 31.1. The van der Waals surface area contributed by atoms with Gasteiger partial charge in [0.15, 0.2) is 0 Å². The van der Waals surface area contributed by atoms with Crippen LogP contribution in [0.4, 0.5) is 0 Å². The fraction of sp³-hybridized carbons (Fsp3) is 0.188. The van der Waals surface area contributed by atoms with E-state index in [9.17, 15) is 9.59 Å². The van der Waals surface area contributed by atoms with E-state index < -0.39 is 19.8 Å². The Kier molecular flexibility index (Phi) is 6.14. The minimum Gasteiger partial charge on any atom is -0.469 e. The molecular formula is C32H27O4P. The van der Waals surface area contributed by atoms with E-state index in [1.54, 1.807) is 0 Å². The quantitative estimate of drug-likeness (QED) is 0.293. The van der Waals surface area contributed by atoms with E-state index in [2.05, 4.69) is 78.9 Å². The van der Waals surface area contributed by atoms with Crippen molar-refractivity contribution in [2.45, 2.75) is 11.8 Å². The summed E-state index contributed by atoms with van der Waals surface area (Å²) in [5.74, 6) is -2.55. The molecule has 0 amide bonds. The molecule has 37 heavy (non-hydrogen) atoms. The average Bonchev–Trinajstić information content (AvgIpc) is 2.97. The number of carbonyl (C=O) groups excluding carboxylic acids is 2. The smallest absolute Gasteiger partial charge is 0.310 e. The van der Waals surface area contributed by atoms with Crippen LogP contribution in [-0.4, -0.2) is 26.2 Å². The maximum atomic E-state index is 13.2. The third-order valence-electron chi connectivity index (χ3n) is 7.75. The van der Waals surface area contributed by atoms with Crippen molar-refractivity contribution in [2.75, 3.05) is 14.2 Å². The summed E-state index contributed by atoms with van der Waals surface area (Å²) in [5, 5.41) is 3.75. The Balaban J connectivity index is 1.57. The Morgan fingerprint density at radius 3 is 1.46 bits per heavy atom. The molecule has 0 N–H and O–H groups in total. The fourth-order valence-corrected chi connectivity index (χ4v) is 8.62. The van der Waals surface area contributed by atoms with E-state index in [1.807, 2.05) is 24.3 Å². The van der Waals surface area contributed by atoms with E-state index in [1.165, 1.54) is 30.1 Å². The first kappa shape index (κ1) is 23.6. The molecule has 0 saturated carbocycles. The number of methoxy groups -OCH3 is 2. The van der Waals surface area contributed by atoms with E-state index in [0.29, 0.717) is 0 Å². The van der Waals surface area contributed by atoms with E-state index >= 15 is 0 Å². The number of esters is 2. The second kappa shape index (κ2) is 9.61. The first-order valence-electron chi connectivity index (χ1n) is 12.4. The molecule has 4 atom stereocenters. The van der Waals surface area contributed by atoms with Crippen LogP contribution in [-0.2, 0) is 19.1 Å². The summed E-state index contributed by atoms with van der Waals surface area (Å²) >= 11 is 0. The van der Waals surface area contributed by atoms with Crippen LogP contribution in [0.1, 0.15) is 34.1 Å². The number of fused-ring (bicyclic) bond motifs is 1. The average molecular weight is 507 g/mol. The van der Waals surface area contributed by atoms with Gasteiger partial charge in [-0.1, -0.05) is 97.1 Å². The third kappa shape index (κ3) is 3.79. The maximum Gasteiger partial charge on any atom is 0.310 e. The van der Waals surface area contributed by atoms with Gasteiger partial charge in [0.2, 0.25) is 0 Å². The normalized spacial score (nSPS) is 21.2. The summed E-state index contributed by atoms with van der Waals surface area (Å²) < 4.78 is 10.5. The van der Waals surface area contributed by atoms with Gasteiger partial charge >= 0.3 is 11.9 Å². The zero-order valence-corrected chi connectivity index (χ0v) is 21.6. The van der Waals surface area contributed by atoms with Crippen LogP contribution in [0.15, 0.2) is 103 Å². The molecule has 3 aliphatic rings. The monoisotopic (exact) mass is 506 g/mol. The van der Waals surface area contributed by atoms with E-state index in [4.69, 9.17) is 9.47 Å². The van der Waals surface area contributed by atoms with E-state index in [0.717, 1.165) is 22.3 Å². The lowest BCUT2D eigenvalue weighted by atomic mass is 9.54. The van der Waals surface area contributed by atoms with Gasteiger partial charge in [0.25, 0.3) is 0 Å². The van der Waals surface area contributed by atoms with Crippen molar-refractivity contribution in [3.8, 4) is 0 Å². The largest absolute Gasteiger partial charge is 0.469 e. The van der Waals surface area contributed by atoms with Crippen LogP contribution in [0.3, 0.4) is 0 Å². The van der Waals surface area contributed by atoms with Gasteiger partial charge in [-0.2, -0.15) is 0 Å². The number of benzene rings is 4. The van der Waals surface area contributed by atoms with E-state index in [-0.39, 0.29) is 23.8 Å². The molecule has 3 aliphatic carbocycles. The highest BCUT2D eigenvalue weighted by Gasteiger charge is 2.56. The molecule has 7 rings (SSSR count). The van der Waals surface area contributed by atoms with Crippen molar-refractivity contribution in [3.05, 3.63) is 125 Å². The molecule has 184 valence electrons. The number of hydrogen-bond acceptors (Lipinski definition) is 4. The van der Waals surface area contributed by atoms with Gasteiger partial charge in [-0.3, -0.25) is 9.59 Å². The molecule has 4 nitrogen and oxygen atoms in total. The lowest BCUT2D eigenvalue weighted by Crippen LogP contribution is -2.48. The Labute approximate surface area is 218 Å². The molecule has 0 radical (unpaired) electrons. The van der Waals surface area contributed by atoms with Crippen LogP contribution in [0.25, 0.3) is 0 Å². The Morgan fingerprint density at radius 2 is 0.973 bits per heavy atom.